The van der Waals surface area contributed by atoms with E-state index < -0.39 is 5.82 Å². The average Bonchev–Trinajstić information content (AvgIpc) is 3.26. The van der Waals surface area contributed by atoms with Crippen molar-refractivity contribution in [2.45, 2.75) is 46.1 Å². The molecule has 0 saturated carbocycles. The molecule has 1 aromatic carbocycles. The molecule has 7 heteroatoms. The zero-order valence-corrected chi connectivity index (χ0v) is 19.3. The molecule has 0 bridgehead atoms. The highest BCUT2D eigenvalue weighted by Crippen LogP contribution is 2.34. The molecule has 0 aliphatic carbocycles. The molecule has 5 nitrogen and oxygen atoms in total. The summed E-state index contributed by atoms with van der Waals surface area (Å²) in [4.78, 5) is 30.5. The molecule has 0 N–H and O–H groups in total. The van der Waals surface area contributed by atoms with Gasteiger partial charge in [0.2, 0.25) is 11.8 Å². The monoisotopic (exact) mass is 446 g/mol. The van der Waals surface area contributed by atoms with Crippen molar-refractivity contribution in [3.05, 3.63) is 52.0 Å². The summed E-state index contributed by atoms with van der Waals surface area (Å²) in [5, 5.41) is 2.02. The predicted octanol–water partition coefficient (Wildman–Crippen LogP) is 4.68. The van der Waals surface area contributed by atoms with Crippen LogP contribution in [-0.4, -0.2) is 47.9 Å². The largest absolute Gasteiger partial charge is 0.488 e. The standard InChI is InChI=1S/C24H31FN2O3S/c1-4-17(3)14-26(23(28)5-2)15-24(29)27-12-10-22-18(11-13-31-22)20(27)16-30-21-9-7-6-8-19(21)25/h6-9,11,13,17,20H,4-5,10,12,14-16H2,1-3H3/t17-,20+/m1/s1. The Balaban J connectivity index is 1.77. The van der Waals surface area contributed by atoms with E-state index in [1.54, 1.807) is 39.3 Å². The smallest absolute Gasteiger partial charge is 0.242 e. The third-order valence-electron chi connectivity index (χ3n) is 5.86. The second-order valence-corrected chi connectivity index (χ2v) is 9.04. The molecule has 0 spiro atoms. The number of halogens is 1. The van der Waals surface area contributed by atoms with Crippen LogP contribution in [0.1, 0.15) is 50.1 Å². The summed E-state index contributed by atoms with van der Waals surface area (Å²) in [7, 11) is 0. The topological polar surface area (TPSA) is 49.9 Å². The summed E-state index contributed by atoms with van der Waals surface area (Å²) in [5.74, 6) is -0.0229. The van der Waals surface area contributed by atoms with Gasteiger partial charge in [-0.25, -0.2) is 4.39 Å². The third kappa shape index (κ3) is 5.64. The molecule has 0 saturated heterocycles. The van der Waals surface area contributed by atoms with Crippen molar-refractivity contribution in [3.63, 3.8) is 0 Å². The number of benzene rings is 1. The van der Waals surface area contributed by atoms with Crippen molar-refractivity contribution in [3.8, 4) is 5.75 Å². The first-order valence-corrected chi connectivity index (χ1v) is 11.8. The summed E-state index contributed by atoms with van der Waals surface area (Å²) in [6.07, 6.45) is 2.10. The Labute approximate surface area is 187 Å². The van der Waals surface area contributed by atoms with E-state index in [-0.39, 0.29) is 36.8 Å². The lowest BCUT2D eigenvalue weighted by Gasteiger charge is -2.37. The third-order valence-corrected chi connectivity index (χ3v) is 6.86. The summed E-state index contributed by atoms with van der Waals surface area (Å²) in [6.45, 7) is 7.36. The molecule has 2 heterocycles. The van der Waals surface area contributed by atoms with E-state index in [0.29, 0.717) is 25.4 Å². The van der Waals surface area contributed by atoms with Gasteiger partial charge >= 0.3 is 0 Å². The number of amides is 2. The molecular formula is C24H31FN2O3S. The van der Waals surface area contributed by atoms with Crippen LogP contribution >= 0.6 is 11.3 Å². The minimum Gasteiger partial charge on any atom is -0.488 e. The Hall–Kier alpha value is -2.41. The molecule has 168 valence electrons. The quantitative estimate of drug-likeness (QED) is 0.562. The Bertz CT molecular complexity index is 900. The fraction of sp³-hybridized carbons (Fsp3) is 0.500. The summed E-state index contributed by atoms with van der Waals surface area (Å²) < 4.78 is 19.8. The van der Waals surface area contributed by atoms with Crippen LogP contribution < -0.4 is 4.74 Å². The minimum atomic E-state index is -0.421. The van der Waals surface area contributed by atoms with Gasteiger partial charge in [-0.1, -0.05) is 39.3 Å². The maximum absolute atomic E-state index is 14.0. The van der Waals surface area contributed by atoms with Gasteiger partial charge in [-0.2, -0.15) is 0 Å². The van der Waals surface area contributed by atoms with Crippen LogP contribution in [0.2, 0.25) is 0 Å². The van der Waals surface area contributed by atoms with Gasteiger partial charge < -0.3 is 14.5 Å². The number of fused-ring (bicyclic) bond motifs is 1. The molecule has 1 aliphatic heterocycles. The van der Waals surface area contributed by atoms with Crippen molar-refractivity contribution in [1.29, 1.82) is 0 Å². The van der Waals surface area contributed by atoms with Gasteiger partial charge in [-0.3, -0.25) is 9.59 Å². The molecule has 31 heavy (non-hydrogen) atoms. The van der Waals surface area contributed by atoms with Gasteiger partial charge in [0.05, 0.1) is 12.6 Å². The van der Waals surface area contributed by atoms with Crippen molar-refractivity contribution < 1.29 is 18.7 Å². The van der Waals surface area contributed by atoms with Gasteiger partial charge in [0.15, 0.2) is 11.6 Å². The van der Waals surface area contributed by atoms with Crippen LogP contribution in [0.15, 0.2) is 35.7 Å². The fourth-order valence-corrected chi connectivity index (χ4v) is 4.77. The lowest BCUT2D eigenvalue weighted by atomic mass is 10.00. The number of ether oxygens (including phenoxy) is 1. The van der Waals surface area contributed by atoms with Crippen LogP contribution in [0.3, 0.4) is 0 Å². The second kappa shape index (κ2) is 10.8. The molecule has 2 atom stereocenters. The Morgan fingerprint density at radius 2 is 2.06 bits per heavy atom. The van der Waals surface area contributed by atoms with Gasteiger partial charge in [0.25, 0.3) is 0 Å². The van der Waals surface area contributed by atoms with E-state index >= 15 is 0 Å². The number of nitrogens with zero attached hydrogens (tertiary/aromatic N) is 2. The van der Waals surface area contributed by atoms with Crippen LogP contribution in [0.25, 0.3) is 0 Å². The maximum atomic E-state index is 14.0. The Kier molecular flexibility index (Phi) is 8.07. The molecular weight excluding hydrogens is 415 g/mol. The maximum Gasteiger partial charge on any atom is 0.242 e. The molecule has 3 rings (SSSR count). The lowest BCUT2D eigenvalue weighted by Crippen LogP contribution is -2.48. The molecule has 0 fully saturated rings. The van der Waals surface area contributed by atoms with Crippen molar-refractivity contribution in [2.75, 3.05) is 26.2 Å². The average molecular weight is 447 g/mol. The first-order chi connectivity index (χ1) is 14.9. The highest BCUT2D eigenvalue weighted by molar-refractivity contribution is 7.10. The van der Waals surface area contributed by atoms with E-state index in [2.05, 4.69) is 13.8 Å². The second-order valence-electron chi connectivity index (χ2n) is 8.03. The van der Waals surface area contributed by atoms with Crippen LogP contribution in [0, 0.1) is 11.7 Å². The molecule has 1 aliphatic rings. The van der Waals surface area contributed by atoms with Crippen molar-refractivity contribution >= 4 is 23.2 Å². The lowest BCUT2D eigenvalue weighted by molar-refractivity contribution is -0.143. The molecule has 2 aromatic rings. The van der Waals surface area contributed by atoms with Gasteiger partial charge in [0, 0.05) is 24.4 Å². The number of para-hydroxylation sites is 1. The summed E-state index contributed by atoms with van der Waals surface area (Å²) in [5.41, 5.74) is 1.05. The number of rotatable bonds is 9. The first-order valence-electron chi connectivity index (χ1n) is 10.9. The Morgan fingerprint density at radius 1 is 1.29 bits per heavy atom. The van der Waals surface area contributed by atoms with Crippen molar-refractivity contribution in [1.82, 2.24) is 9.80 Å². The number of hydrogen-bond acceptors (Lipinski definition) is 4. The zero-order valence-electron chi connectivity index (χ0n) is 18.5. The molecule has 0 unspecified atom stereocenters. The fourth-order valence-electron chi connectivity index (χ4n) is 3.84. The highest BCUT2D eigenvalue weighted by Gasteiger charge is 2.33. The van der Waals surface area contributed by atoms with E-state index in [1.165, 1.54) is 10.9 Å². The van der Waals surface area contributed by atoms with Crippen LogP contribution in [0.5, 0.6) is 5.75 Å². The van der Waals surface area contributed by atoms with Crippen LogP contribution in [0.4, 0.5) is 4.39 Å². The predicted molar refractivity (Wildman–Crippen MR) is 121 cm³/mol. The van der Waals surface area contributed by atoms with Gasteiger partial charge in [-0.05, 0) is 41.5 Å². The molecule has 0 radical (unpaired) electrons. The van der Waals surface area contributed by atoms with E-state index in [4.69, 9.17) is 4.74 Å². The number of thiophene rings is 1. The normalized spacial score (nSPS) is 16.5. The summed E-state index contributed by atoms with van der Waals surface area (Å²) in [6, 6.07) is 8.01. The van der Waals surface area contributed by atoms with Gasteiger partial charge in [0.1, 0.15) is 6.61 Å². The zero-order chi connectivity index (χ0) is 22.4. The van der Waals surface area contributed by atoms with Crippen molar-refractivity contribution in [2.24, 2.45) is 5.92 Å². The van der Waals surface area contributed by atoms with E-state index in [9.17, 15) is 14.0 Å². The van der Waals surface area contributed by atoms with E-state index in [1.807, 2.05) is 18.4 Å². The number of carbonyl (C=O) groups is 2. The minimum absolute atomic E-state index is 0.0129. The number of hydrogen-bond donors (Lipinski definition) is 0. The Morgan fingerprint density at radius 3 is 2.77 bits per heavy atom. The highest BCUT2D eigenvalue weighted by atomic mass is 32.1. The molecule has 2 amide bonds. The van der Waals surface area contributed by atoms with E-state index in [0.717, 1.165) is 18.4 Å². The SMILES string of the molecule is CCC(=O)N(CC(=O)N1CCc2sccc2[C@@H]1COc1ccccc1F)C[C@H](C)CC. The summed E-state index contributed by atoms with van der Waals surface area (Å²) >= 11 is 1.67. The first kappa shape index (κ1) is 23.3. The molecule has 1 aromatic heterocycles. The van der Waals surface area contributed by atoms with Crippen LogP contribution in [-0.2, 0) is 16.0 Å². The number of carbonyl (C=O) groups excluding carboxylic acids is 2. The van der Waals surface area contributed by atoms with Gasteiger partial charge in [-0.15, -0.1) is 11.3 Å².